The molecule has 0 amide bonds. The van der Waals surface area contributed by atoms with Crippen molar-refractivity contribution in [2.24, 2.45) is 5.73 Å². The Balaban J connectivity index is 0.000000292. The lowest BCUT2D eigenvalue weighted by Crippen LogP contribution is -1.95. The van der Waals surface area contributed by atoms with Gasteiger partial charge in [0, 0.05) is 11.6 Å². The molecule has 0 saturated carbocycles. The smallest absolute Gasteiger partial charge is 0.326 e. The van der Waals surface area contributed by atoms with Crippen molar-refractivity contribution in [3.8, 4) is 0 Å². The molecular formula is C7H10ClNO4S. The molecule has 0 aliphatic carbocycles. The molecule has 0 aromatic heterocycles. The van der Waals surface area contributed by atoms with Gasteiger partial charge in [-0.1, -0.05) is 29.8 Å². The van der Waals surface area contributed by atoms with Crippen molar-refractivity contribution in [1.82, 2.24) is 0 Å². The third-order valence-electron chi connectivity index (χ3n) is 1.18. The van der Waals surface area contributed by atoms with Gasteiger partial charge >= 0.3 is 10.4 Å². The van der Waals surface area contributed by atoms with Crippen molar-refractivity contribution in [3.05, 3.63) is 34.9 Å². The summed E-state index contributed by atoms with van der Waals surface area (Å²) in [7, 11) is -4.67. The van der Waals surface area contributed by atoms with Crippen molar-refractivity contribution < 1.29 is 17.5 Å². The SMILES string of the molecule is NCc1ccccc1Cl.O=S(=O)(O)O. The highest BCUT2D eigenvalue weighted by Gasteiger charge is 1.92. The van der Waals surface area contributed by atoms with Gasteiger partial charge in [0.15, 0.2) is 0 Å². The molecule has 0 aliphatic heterocycles. The maximum atomic E-state index is 8.74. The lowest BCUT2D eigenvalue weighted by atomic mass is 10.2. The van der Waals surface area contributed by atoms with Crippen molar-refractivity contribution in [2.75, 3.05) is 0 Å². The van der Waals surface area contributed by atoms with Crippen LogP contribution in [0.5, 0.6) is 0 Å². The van der Waals surface area contributed by atoms with Gasteiger partial charge in [0.1, 0.15) is 0 Å². The zero-order chi connectivity index (χ0) is 11.2. The van der Waals surface area contributed by atoms with Crippen LogP contribution < -0.4 is 5.73 Å². The summed E-state index contributed by atoms with van der Waals surface area (Å²) in [6, 6.07) is 7.57. The highest BCUT2D eigenvalue weighted by Crippen LogP contribution is 2.12. The third kappa shape index (κ3) is 7.96. The lowest BCUT2D eigenvalue weighted by Gasteiger charge is -1.96. The van der Waals surface area contributed by atoms with Crippen LogP contribution in [0.15, 0.2) is 24.3 Å². The molecule has 5 nitrogen and oxygen atoms in total. The van der Waals surface area contributed by atoms with E-state index in [2.05, 4.69) is 0 Å². The molecule has 7 heteroatoms. The van der Waals surface area contributed by atoms with E-state index in [9.17, 15) is 0 Å². The van der Waals surface area contributed by atoms with Crippen LogP contribution in [0.1, 0.15) is 5.56 Å². The molecule has 0 bridgehead atoms. The van der Waals surface area contributed by atoms with Crippen LogP contribution in [0.3, 0.4) is 0 Å². The molecular weight excluding hydrogens is 230 g/mol. The largest absolute Gasteiger partial charge is 0.394 e. The third-order valence-corrected chi connectivity index (χ3v) is 1.55. The van der Waals surface area contributed by atoms with Gasteiger partial charge in [0.2, 0.25) is 0 Å². The minimum absolute atomic E-state index is 0.514. The minimum Gasteiger partial charge on any atom is -0.326 e. The summed E-state index contributed by atoms with van der Waals surface area (Å²) in [5.74, 6) is 0. The van der Waals surface area contributed by atoms with Crippen molar-refractivity contribution in [2.45, 2.75) is 6.54 Å². The number of benzene rings is 1. The standard InChI is InChI=1S/C7H8ClN.H2O4S/c8-7-4-2-1-3-6(7)5-9;1-5(2,3)4/h1-4H,5,9H2;(H2,1,2,3,4). The summed E-state index contributed by atoms with van der Waals surface area (Å²) >= 11 is 5.74. The number of nitrogens with two attached hydrogens (primary N) is 1. The highest BCUT2D eigenvalue weighted by atomic mass is 35.5. The molecule has 1 aromatic carbocycles. The Morgan fingerprint density at radius 2 is 1.71 bits per heavy atom. The second-order valence-electron chi connectivity index (χ2n) is 2.24. The predicted molar refractivity (Wildman–Crippen MR) is 53.5 cm³/mol. The molecule has 0 saturated heterocycles. The van der Waals surface area contributed by atoms with Gasteiger partial charge in [-0.2, -0.15) is 8.42 Å². The molecule has 0 aliphatic rings. The maximum absolute atomic E-state index is 8.74. The van der Waals surface area contributed by atoms with Gasteiger partial charge < -0.3 is 5.73 Å². The van der Waals surface area contributed by atoms with Crippen LogP contribution in [-0.2, 0) is 16.9 Å². The average Bonchev–Trinajstić information content (AvgIpc) is 2.02. The molecule has 1 aromatic rings. The van der Waals surface area contributed by atoms with Gasteiger partial charge in [0.05, 0.1) is 0 Å². The van der Waals surface area contributed by atoms with Crippen molar-refractivity contribution in [3.63, 3.8) is 0 Å². The van der Waals surface area contributed by atoms with Gasteiger partial charge in [0.25, 0.3) is 0 Å². The Hall–Kier alpha value is -0.660. The van der Waals surface area contributed by atoms with Crippen molar-refractivity contribution >= 4 is 22.0 Å². The van der Waals surface area contributed by atoms with Crippen LogP contribution in [0, 0.1) is 0 Å². The quantitative estimate of drug-likeness (QED) is 0.638. The second kappa shape index (κ2) is 5.94. The monoisotopic (exact) mass is 239 g/mol. The Morgan fingerprint density at radius 1 is 1.29 bits per heavy atom. The summed E-state index contributed by atoms with van der Waals surface area (Å²) in [4.78, 5) is 0. The summed E-state index contributed by atoms with van der Waals surface area (Å²) in [5, 5.41) is 0.750. The normalized spacial score (nSPS) is 10.3. The molecule has 14 heavy (non-hydrogen) atoms. The topological polar surface area (TPSA) is 101 Å². The molecule has 0 atom stereocenters. The van der Waals surface area contributed by atoms with Crippen LogP contribution in [0.4, 0.5) is 0 Å². The van der Waals surface area contributed by atoms with Crippen LogP contribution >= 0.6 is 11.6 Å². The highest BCUT2D eigenvalue weighted by molar-refractivity contribution is 7.79. The lowest BCUT2D eigenvalue weighted by molar-refractivity contribution is 0.381. The maximum Gasteiger partial charge on any atom is 0.394 e. The predicted octanol–water partition coefficient (Wildman–Crippen LogP) is 1.15. The zero-order valence-corrected chi connectivity index (χ0v) is 8.66. The summed E-state index contributed by atoms with van der Waals surface area (Å²) in [6.45, 7) is 0.514. The first-order valence-electron chi connectivity index (χ1n) is 3.48. The van der Waals surface area contributed by atoms with Gasteiger partial charge in [-0.3, -0.25) is 9.11 Å². The number of hydrogen-bond acceptors (Lipinski definition) is 3. The van der Waals surface area contributed by atoms with Crippen LogP contribution in [-0.4, -0.2) is 17.5 Å². The molecule has 0 heterocycles. The number of hydrogen-bond donors (Lipinski definition) is 3. The molecule has 4 N–H and O–H groups in total. The van der Waals surface area contributed by atoms with Crippen LogP contribution in [0.25, 0.3) is 0 Å². The fourth-order valence-electron chi connectivity index (χ4n) is 0.664. The van der Waals surface area contributed by atoms with Gasteiger partial charge in [-0.05, 0) is 11.6 Å². The molecule has 0 radical (unpaired) electrons. The Bertz CT molecular complexity index is 371. The van der Waals surface area contributed by atoms with E-state index in [-0.39, 0.29) is 0 Å². The van der Waals surface area contributed by atoms with Crippen molar-refractivity contribution in [1.29, 1.82) is 0 Å². The molecule has 0 unspecified atom stereocenters. The Labute approximate surface area is 87.1 Å². The van der Waals surface area contributed by atoms with E-state index in [0.717, 1.165) is 10.6 Å². The van der Waals surface area contributed by atoms with E-state index in [0.29, 0.717) is 6.54 Å². The molecule has 0 spiro atoms. The molecule has 80 valence electrons. The summed E-state index contributed by atoms with van der Waals surface area (Å²) < 4.78 is 31.6. The van der Waals surface area contributed by atoms with Gasteiger partial charge in [-0.15, -0.1) is 0 Å². The second-order valence-corrected chi connectivity index (χ2v) is 3.55. The summed E-state index contributed by atoms with van der Waals surface area (Å²) in [5.41, 5.74) is 6.37. The first-order chi connectivity index (χ1) is 6.34. The van der Waals surface area contributed by atoms with Gasteiger partial charge in [-0.25, -0.2) is 0 Å². The number of rotatable bonds is 1. The summed E-state index contributed by atoms with van der Waals surface area (Å²) in [6.07, 6.45) is 0. The molecule has 1 rings (SSSR count). The van der Waals surface area contributed by atoms with E-state index in [1.165, 1.54) is 0 Å². The first-order valence-corrected chi connectivity index (χ1v) is 5.25. The van der Waals surface area contributed by atoms with E-state index in [1.807, 2.05) is 24.3 Å². The average molecular weight is 240 g/mol. The zero-order valence-electron chi connectivity index (χ0n) is 7.09. The fraction of sp³-hybridized carbons (Fsp3) is 0.143. The van der Waals surface area contributed by atoms with E-state index in [1.54, 1.807) is 0 Å². The Kier molecular flexibility index (Phi) is 5.66. The minimum atomic E-state index is -4.67. The van der Waals surface area contributed by atoms with E-state index >= 15 is 0 Å². The molecule has 0 fully saturated rings. The van der Waals surface area contributed by atoms with Crippen LogP contribution in [0.2, 0.25) is 5.02 Å². The fourth-order valence-corrected chi connectivity index (χ4v) is 0.877. The van der Waals surface area contributed by atoms with E-state index in [4.69, 9.17) is 34.9 Å². The first kappa shape index (κ1) is 13.3. The number of halogens is 1. The van der Waals surface area contributed by atoms with E-state index < -0.39 is 10.4 Å². The Morgan fingerprint density at radius 3 is 2.00 bits per heavy atom.